The van der Waals surface area contributed by atoms with Gasteiger partial charge in [-0.2, -0.15) is 0 Å². The second kappa shape index (κ2) is 8.08. The molecule has 0 aromatic carbocycles. The number of unbranched alkanes of at least 4 members (excludes halogenated alkanes) is 2. The first-order chi connectivity index (χ1) is 7.79. The summed E-state index contributed by atoms with van der Waals surface area (Å²) in [7, 11) is 0. The van der Waals surface area contributed by atoms with Crippen LogP contribution in [0.3, 0.4) is 0 Å². The summed E-state index contributed by atoms with van der Waals surface area (Å²) in [5, 5.41) is 13.7. The lowest BCUT2D eigenvalue weighted by Crippen LogP contribution is -2.42. The van der Waals surface area contributed by atoms with Gasteiger partial charge in [0, 0.05) is 12.5 Å². The second-order valence-electron chi connectivity index (χ2n) is 5.27. The van der Waals surface area contributed by atoms with Crippen molar-refractivity contribution in [2.75, 3.05) is 13.1 Å². The summed E-state index contributed by atoms with van der Waals surface area (Å²) >= 11 is 0. The SMILES string of the molecule is CCCCC(O)C1CNCCC1CCCC. The molecule has 0 radical (unpaired) electrons. The monoisotopic (exact) mass is 227 g/mol. The fraction of sp³-hybridized carbons (Fsp3) is 1.00. The minimum atomic E-state index is -0.0744. The van der Waals surface area contributed by atoms with Crippen molar-refractivity contribution < 1.29 is 5.11 Å². The largest absolute Gasteiger partial charge is 0.393 e. The number of aliphatic hydroxyl groups is 1. The third kappa shape index (κ3) is 4.42. The van der Waals surface area contributed by atoms with E-state index >= 15 is 0 Å². The Morgan fingerprint density at radius 3 is 2.69 bits per heavy atom. The molecule has 0 aromatic rings. The fourth-order valence-corrected chi connectivity index (χ4v) is 2.84. The number of rotatable bonds is 7. The molecule has 1 aliphatic rings. The quantitative estimate of drug-likeness (QED) is 0.701. The molecule has 0 aliphatic carbocycles. The van der Waals surface area contributed by atoms with E-state index in [0.717, 1.165) is 31.8 Å². The molecule has 3 atom stereocenters. The van der Waals surface area contributed by atoms with Gasteiger partial charge in [0.2, 0.25) is 0 Å². The van der Waals surface area contributed by atoms with Crippen LogP contribution in [0.4, 0.5) is 0 Å². The van der Waals surface area contributed by atoms with Crippen LogP contribution in [-0.2, 0) is 0 Å². The maximum atomic E-state index is 10.2. The summed E-state index contributed by atoms with van der Waals surface area (Å²) in [4.78, 5) is 0. The van der Waals surface area contributed by atoms with E-state index in [1.165, 1.54) is 32.1 Å². The smallest absolute Gasteiger partial charge is 0.0583 e. The number of nitrogens with one attached hydrogen (secondary N) is 1. The molecule has 2 nitrogen and oxygen atoms in total. The van der Waals surface area contributed by atoms with Crippen molar-refractivity contribution in [3.05, 3.63) is 0 Å². The highest BCUT2D eigenvalue weighted by atomic mass is 16.3. The third-order valence-corrected chi connectivity index (χ3v) is 3.95. The first-order valence-corrected chi connectivity index (χ1v) is 7.18. The lowest BCUT2D eigenvalue weighted by Gasteiger charge is -2.35. The van der Waals surface area contributed by atoms with E-state index in [4.69, 9.17) is 0 Å². The number of hydrogen-bond acceptors (Lipinski definition) is 2. The topological polar surface area (TPSA) is 32.3 Å². The fourth-order valence-electron chi connectivity index (χ4n) is 2.84. The first kappa shape index (κ1) is 14.0. The summed E-state index contributed by atoms with van der Waals surface area (Å²) in [5.41, 5.74) is 0. The Morgan fingerprint density at radius 1 is 1.25 bits per heavy atom. The van der Waals surface area contributed by atoms with E-state index in [2.05, 4.69) is 19.2 Å². The van der Waals surface area contributed by atoms with Crippen LogP contribution in [0, 0.1) is 11.8 Å². The lowest BCUT2D eigenvalue weighted by molar-refractivity contribution is 0.0444. The highest BCUT2D eigenvalue weighted by molar-refractivity contribution is 4.83. The van der Waals surface area contributed by atoms with Gasteiger partial charge in [0.05, 0.1) is 6.10 Å². The predicted octanol–water partition coefficient (Wildman–Crippen LogP) is 2.95. The van der Waals surface area contributed by atoms with Crippen molar-refractivity contribution >= 4 is 0 Å². The Kier molecular flexibility index (Phi) is 7.06. The summed E-state index contributed by atoms with van der Waals surface area (Å²) in [5.74, 6) is 1.26. The first-order valence-electron chi connectivity index (χ1n) is 7.18. The van der Waals surface area contributed by atoms with E-state index in [0.29, 0.717) is 5.92 Å². The van der Waals surface area contributed by atoms with Crippen molar-refractivity contribution in [3.8, 4) is 0 Å². The Bertz CT molecular complexity index is 172. The molecule has 1 rings (SSSR count). The van der Waals surface area contributed by atoms with Crippen LogP contribution in [0.2, 0.25) is 0 Å². The predicted molar refractivity (Wildman–Crippen MR) is 69.5 cm³/mol. The van der Waals surface area contributed by atoms with Crippen LogP contribution < -0.4 is 5.32 Å². The highest BCUT2D eigenvalue weighted by Gasteiger charge is 2.29. The second-order valence-corrected chi connectivity index (χ2v) is 5.27. The van der Waals surface area contributed by atoms with Gasteiger partial charge < -0.3 is 10.4 Å². The average Bonchev–Trinajstić information content (AvgIpc) is 2.33. The van der Waals surface area contributed by atoms with Gasteiger partial charge in [-0.25, -0.2) is 0 Å². The van der Waals surface area contributed by atoms with Crippen LogP contribution in [0.1, 0.15) is 58.8 Å². The number of hydrogen-bond donors (Lipinski definition) is 2. The minimum absolute atomic E-state index is 0.0744. The third-order valence-electron chi connectivity index (χ3n) is 3.95. The molecule has 2 heteroatoms. The van der Waals surface area contributed by atoms with Crippen molar-refractivity contribution in [1.82, 2.24) is 5.32 Å². The van der Waals surface area contributed by atoms with E-state index in [-0.39, 0.29) is 6.10 Å². The maximum absolute atomic E-state index is 10.2. The van der Waals surface area contributed by atoms with Crippen molar-refractivity contribution in [2.24, 2.45) is 11.8 Å². The molecular weight excluding hydrogens is 198 g/mol. The molecule has 0 aromatic heterocycles. The Hall–Kier alpha value is -0.0800. The molecule has 0 saturated carbocycles. The van der Waals surface area contributed by atoms with Gasteiger partial charge in [-0.1, -0.05) is 46.0 Å². The molecule has 0 amide bonds. The standard InChI is InChI=1S/C14H29NO/c1-3-5-7-12-9-10-15-11-13(12)14(16)8-6-4-2/h12-16H,3-11H2,1-2H3. The zero-order valence-corrected chi connectivity index (χ0v) is 11.0. The van der Waals surface area contributed by atoms with Crippen LogP contribution in [0.25, 0.3) is 0 Å². The molecule has 0 bridgehead atoms. The molecule has 16 heavy (non-hydrogen) atoms. The molecule has 3 unspecified atom stereocenters. The van der Waals surface area contributed by atoms with Crippen molar-refractivity contribution in [2.45, 2.75) is 64.9 Å². The summed E-state index contributed by atoms with van der Waals surface area (Å²) in [6, 6.07) is 0. The van der Waals surface area contributed by atoms with Gasteiger partial charge in [-0.05, 0) is 25.3 Å². The van der Waals surface area contributed by atoms with Crippen LogP contribution in [0.15, 0.2) is 0 Å². The lowest BCUT2D eigenvalue weighted by atomic mass is 9.78. The Balaban J connectivity index is 2.38. The van der Waals surface area contributed by atoms with Crippen LogP contribution in [-0.4, -0.2) is 24.3 Å². The molecule has 1 fully saturated rings. The van der Waals surface area contributed by atoms with Gasteiger partial charge in [-0.3, -0.25) is 0 Å². The number of aliphatic hydroxyl groups excluding tert-OH is 1. The zero-order chi connectivity index (χ0) is 11.8. The minimum Gasteiger partial charge on any atom is -0.393 e. The van der Waals surface area contributed by atoms with Crippen LogP contribution >= 0.6 is 0 Å². The average molecular weight is 227 g/mol. The summed E-state index contributed by atoms with van der Waals surface area (Å²) < 4.78 is 0. The van der Waals surface area contributed by atoms with E-state index < -0.39 is 0 Å². The molecular formula is C14H29NO. The summed E-state index contributed by atoms with van der Waals surface area (Å²) in [6.45, 7) is 6.62. The van der Waals surface area contributed by atoms with Gasteiger partial charge >= 0.3 is 0 Å². The maximum Gasteiger partial charge on any atom is 0.0583 e. The normalized spacial score (nSPS) is 27.9. The number of piperidine rings is 1. The highest BCUT2D eigenvalue weighted by Crippen LogP contribution is 2.29. The van der Waals surface area contributed by atoms with Gasteiger partial charge in [0.25, 0.3) is 0 Å². The Labute approximate surface area is 101 Å². The molecule has 0 spiro atoms. The van der Waals surface area contributed by atoms with Crippen molar-refractivity contribution in [1.29, 1.82) is 0 Å². The van der Waals surface area contributed by atoms with Crippen LogP contribution in [0.5, 0.6) is 0 Å². The molecule has 2 N–H and O–H groups in total. The molecule has 1 saturated heterocycles. The van der Waals surface area contributed by atoms with E-state index in [1.54, 1.807) is 0 Å². The van der Waals surface area contributed by atoms with Gasteiger partial charge in [0.15, 0.2) is 0 Å². The van der Waals surface area contributed by atoms with E-state index in [9.17, 15) is 5.11 Å². The Morgan fingerprint density at radius 2 is 2.00 bits per heavy atom. The molecule has 96 valence electrons. The summed E-state index contributed by atoms with van der Waals surface area (Å²) in [6.07, 6.45) is 8.44. The molecule has 1 heterocycles. The van der Waals surface area contributed by atoms with Crippen molar-refractivity contribution in [3.63, 3.8) is 0 Å². The molecule has 1 aliphatic heterocycles. The van der Waals surface area contributed by atoms with Gasteiger partial charge in [0.1, 0.15) is 0 Å². The van der Waals surface area contributed by atoms with Gasteiger partial charge in [-0.15, -0.1) is 0 Å². The van der Waals surface area contributed by atoms with E-state index in [1.807, 2.05) is 0 Å². The zero-order valence-electron chi connectivity index (χ0n) is 11.0.